The summed E-state index contributed by atoms with van der Waals surface area (Å²) in [6.07, 6.45) is 4.33. The van der Waals surface area contributed by atoms with E-state index in [0.29, 0.717) is 12.1 Å². The highest BCUT2D eigenvalue weighted by Crippen LogP contribution is 2.37. The second kappa shape index (κ2) is 5.06. The molecule has 3 heteroatoms. The zero-order valence-corrected chi connectivity index (χ0v) is 12.0. The number of furan rings is 1. The highest BCUT2D eigenvalue weighted by molar-refractivity contribution is 5.03. The van der Waals surface area contributed by atoms with E-state index in [1.54, 1.807) is 6.26 Å². The molecule has 2 unspecified atom stereocenters. The summed E-state index contributed by atoms with van der Waals surface area (Å²) in [5.74, 6) is 1.04. The molecule has 1 aromatic heterocycles. The van der Waals surface area contributed by atoms with Gasteiger partial charge in [-0.3, -0.25) is 4.90 Å². The van der Waals surface area contributed by atoms with Crippen LogP contribution in [-0.2, 0) is 6.54 Å². The zero-order chi connectivity index (χ0) is 13.3. The molecular formula is C15H26N2O. The summed E-state index contributed by atoms with van der Waals surface area (Å²) < 4.78 is 5.50. The van der Waals surface area contributed by atoms with Crippen molar-refractivity contribution in [2.75, 3.05) is 0 Å². The van der Waals surface area contributed by atoms with Crippen molar-refractivity contribution in [2.45, 2.75) is 65.2 Å². The van der Waals surface area contributed by atoms with E-state index in [9.17, 15) is 0 Å². The summed E-state index contributed by atoms with van der Waals surface area (Å²) in [5, 5.41) is 0. The van der Waals surface area contributed by atoms with Gasteiger partial charge in [0.05, 0.1) is 12.8 Å². The molecule has 18 heavy (non-hydrogen) atoms. The van der Waals surface area contributed by atoms with Gasteiger partial charge in [-0.1, -0.05) is 20.8 Å². The van der Waals surface area contributed by atoms with E-state index in [0.717, 1.165) is 12.3 Å². The van der Waals surface area contributed by atoms with Gasteiger partial charge in [-0.25, -0.2) is 0 Å². The normalized spacial score (nSPS) is 20.1. The molecule has 2 atom stereocenters. The van der Waals surface area contributed by atoms with E-state index < -0.39 is 0 Å². The first kappa shape index (κ1) is 13.6. The highest BCUT2D eigenvalue weighted by atomic mass is 16.3. The van der Waals surface area contributed by atoms with Crippen molar-refractivity contribution in [3.63, 3.8) is 0 Å². The lowest BCUT2D eigenvalue weighted by atomic mass is 9.81. The minimum absolute atomic E-state index is 0.167. The van der Waals surface area contributed by atoms with E-state index in [1.165, 1.54) is 12.8 Å². The Kier molecular flexibility index (Phi) is 3.83. The zero-order valence-electron chi connectivity index (χ0n) is 12.0. The first-order valence-electron chi connectivity index (χ1n) is 6.93. The minimum atomic E-state index is 0.167. The Hall–Kier alpha value is -0.800. The molecule has 1 fully saturated rings. The molecule has 1 saturated carbocycles. The van der Waals surface area contributed by atoms with Gasteiger partial charge in [-0.2, -0.15) is 0 Å². The average molecular weight is 250 g/mol. The van der Waals surface area contributed by atoms with Crippen LogP contribution in [0.5, 0.6) is 0 Å². The third-order valence-electron chi connectivity index (χ3n) is 3.68. The third-order valence-corrected chi connectivity index (χ3v) is 3.68. The van der Waals surface area contributed by atoms with Crippen LogP contribution in [0.25, 0.3) is 0 Å². The Bertz CT molecular complexity index is 360. The van der Waals surface area contributed by atoms with E-state index >= 15 is 0 Å². The largest absolute Gasteiger partial charge is 0.468 e. The van der Waals surface area contributed by atoms with Gasteiger partial charge < -0.3 is 10.2 Å². The molecule has 0 aliphatic heterocycles. The van der Waals surface area contributed by atoms with Gasteiger partial charge in [-0.05, 0) is 37.3 Å². The Morgan fingerprint density at radius 2 is 2.11 bits per heavy atom. The summed E-state index contributed by atoms with van der Waals surface area (Å²) in [6, 6.07) is 5.25. The minimum Gasteiger partial charge on any atom is -0.468 e. The fourth-order valence-corrected chi connectivity index (χ4v) is 3.03. The Morgan fingerprint density at radius 3 is 2.50 bits per heavy atom. The molecule has 2 rings (SSSR count). The van der Waals surface area contributed by atoms with Crippen LogP contribution in [0.3, 0.4) is 0 Å². The van der Waals surface area contributed by atoms with Crippen LogP contribution in [0, 0.1) is 5.41 Å². The van der Waals surface area contributed by atoms with Crippen LogP contribution in [0.1, 0.15) is 46.3 Å². The fraction of sp³-hybridized carbons (Fsp3) is 0.733. The third kappa shape index (κ3) is 3.15. The van der Waals surface area contributed by atoms with Gasteiger partial charge in [0, 0.05) is 18.1 Å². The van der Waals surface area contributed by atoms with Crippen LogP contribution < -0.4 is 5.73 Å². The lowest BCUT2D eigenvalue weighted by Gasteiger charge is -2.42. The van der Waals surface area contributed by atoms with E-state index in [-0.39, 0.29) is 11.5 Å². The van der Waals surface area contributed by atoms with Crippen LogP contribution in [-0.4, -0.2) is 23.0 Å². The van der Waals surface area contributed by atoms with Gasteiger partial charge in [0.15, 0.2) is 0 Å². The average Bonchev–Trinajstić information content (AvgIpc) is 2.94. The number of rotatable bonds is 5. The molecule has 0 saturated heterocycles. The van der Waals surface area contributed by atoms with Crippen LogP contribution in [0.4, 0.5) is 0 Å². The summed E-state index contributed by atoms with van der Waals surface area (Å²) in [5.41, 5.74) is 6.43. The molecule has 1 heterocycles. The van der Waals surface area contributed by atoms with Crippen molar-refractivity contribution in [3.05, 3.63) is 24.2 Å². The highest BCUT2D eigenvalue weighted by Gasteiger charge is 2.41. The van der Waals surface area contributed by atoms with Gasteiger partial charge in [0.25, 0.3) is 0 Å². The maximum Gasteiger partial charge on any atom is 0.117 e. The van der Waals surface area contributed by atoms with Gasteiger partial charge in [0.1, 0.15) is 5.76 Å². The van der Waals surface area contributed by atoms with Crippen molar-refractivity contribution >= 4 is 0 Å². The molecule has 0 radical (unpaired) electrons. The summed E-state index contributed by atoms with van der Waals surface area (Å²) in [7, 11) is 0. The molecule has 1 aliphatic rings. The van der Waals surface area contributed by atoms with Crippen molar-refractivity contribution in [1.29, 1.82) is 0 Å². The van der Waals surface area contributed by atoms with Crippen molar-refractivity contribution in [2.24, 2.45) is 11.1 Å². The standard InChI is InChI=1S/C15H26N2O/c1-11(16)14(15(2,3)4)17(12-7-8-12)10-13-6-5-9-18-13/h5-6,9,11-12,14H,7-8,10,16H2,1-4H3. The molecule has 3 nitrogen and oxygen atoms in total. The number of hydrogen-bond donors (Lipinski definition) is 1. The summed E-state index contributed by atoms with van der Waals surface area (Å²) in [6.45, 7) is 9.82. The Labute approximate surface area is 110 Å². The molecular weight excluding hydrogens is 224 g/mol. The first-order chi connectivity index (χ1) is 8.39. The lowest BCUT2D eigenvalue weighted by molar-refractivity contribution is 0.0617. The quantitative estimate of drug-likeness (QED) is 0.873. The van der Waals surface area contributed by atoms with E-state index in [4.69, 9.17) is 10.2 Å². The second-order valence-corrected chi connectivity index (χ2v) is 6.65. The van der Waals surface area contributed by atoms with Crippen LogP contribution >= 0.6 is 0 Å². The predicted molar refractivity (Wildman–Crippen MR) is 74.2 cm³/mol. The predicted octanol–water partition coefficient (Wildman–Crippen LogP) is 3.01. The summed E-state index contributed by atoms with van der Waals surface area (Å²) in [4.78, 5) is 2.55. The fourth-order valence-electron chi connectivity index (χ4n) is 3.03. The van der Waals surface area contributed by atoms with Gasteiger partial charge in [-0.15, -0.1) is 0 Å². The molecule has 0 aromatic carbocycles. The lowest BCUT2D eigenvalue weighted by Crippen LogP contribution is -2.54. The molecule has 1 aliphatic carbocycles. The molecule has 0 spiro atoms. The van der Waals surface area contributed by atoms with Crippen molar-refractivity contribution in [1.82, 2.24) is 4.90 Å². The first-order valence-corrected chi connectivity index (χ1v) is 6.93. The van der Waals surface area contributed by atoms with Crippen molar-refractivity contribution in [3.8, 4) is 0 Å². The number of nitrogens with zero attached hydrogens (tertiary/aromatic N) is 1. The van der Waals surface area contributed by atoms with Gasteiger partial charge >= 0.3 is 0 Å². The molecule has 102 valence electrons. The van der Waals surface area contributed by atoms with Gasteiger partial charge in [0.2, 0.25) is 0 Å². The topological polar surface area (TPSA) is 42.4 Å². The SMILES string of the molecule is CC(N)C(N(Cc1ccco1)C1CC1)C(C)(C)C. The summed E-state index contributed by atoms with van der Waals surface area (Å²) >= 11 is 0. The van der Waals surface area contributed by atoms with Crippen molar-refractivity contribution < 1.29 is 4.42 Å². The molecule has 1 aromatic rings. The maximum absolute atomic E-state index is 6.25. The Morgan fingerprint density at radius 1 is 1.44 bits per heavy atom. The van der Waals surface area contributed by atoms with Crippen LogP contribution in [0.15, 0.2) is 22.8 Å². The van der Waals surface area contributed by atoms with Crippen LogP contribution in [0.2, 0.25) is 0 Å². The van der Waals surface area contributed by atoms with E-state index in [1.807, 2.05) is 6.07 Å². The molecule has 0 amide bonds. The molecule has 2 N–H and O–H groups in total. The Balaban J connectivity index is 2.17. The number of hydrogen-bond acceptors (Lipinski definition) is 3. The monoisotopic (exact) mass is 250 g/mol. The second-order valence-electron chi connectivity index (χ2n) is 6.65. The maximum atomic E-state index is 6.25. The number of nitrogens with two attached hydrogens (primary N) is 1. The smallest absolute Gasteiger partial charge is 0.117 e. The molecule has 0 bridgehead atoms. The van der Waals surface area contributed by atoms with E-state index in [2.05, 4.69) is 38.7 Å².